The first-order chi connectivity index (χ1) is 20.6. The number of aliphatic hydroxyl groups excluding tert-OH is 1. The molecular weight excluding hydrogens is 568 g/mol. The van der Waals surface area contributed by atoms with Gasteiger partial charge in [-0.25, -0.2) is 13.6 Å². The molecule has 0 unspecified atom stereocenters. The molecule has 43 heavy (non-hydrogen) atoms. The molecule has 2 aliphatic heterocycles. The maximum absolute atomic E-state index is 13.8. The predicted octanol–water partition coefficient (Wildman–Crippen LogP) is 3.53. The van der Waals surface area contributed by atoms with Crippen LogP contribution in [0.4, 0.5) is 0 Å². The summed E-state index contributed by atoms with van der Waals surface area (Å²) in [7, 11) is -3.76. The molecule has 2 aromatic rings. The molecule has 3 fully saturated rings. The van der Waals surface area contributed by atoms with Crippen LogP contribution < -0.4 is 15.2 Å². The van der Waals surface area contributed by atoms with Crippen molar-refractivity contribution in [2.45, 2.75) is 93.8 Å². The van der Waals surface area contributed by atoms with Crippen LogP contribution in [0, 0.1) is 5.92 Å². The second kappa shape index (κ2) is 13.3. The highest BCUT2D eigenvalue weighted by atomic mass is 32.2. The van der Waals surface area contributed by atoms with Crippen molar-refractivity contribution in [1.82, 2.24) is 15.1 Å². The van der Waals surface area contributed by atoms with Crippen molar-refractivity contribution < 1.29 is 27.9 Å². The van der Waals surface area contributed by atoms with Crippen LogP contribution in [0.3, 0.4) is 0 Å². The van der Waals surface area contributed by atoms with Crippen LogP contribution in [-0.2, 0) is 26.2 Å². The van der Waals surface area contributed by atoms with Crippen molar-refractivity contribution in [1.29, 1.82) is 0 Å². The van der Waals surface area contributed by atoms with Gasteiger partial charge in [0.25, 0.3) is 0 Å². The molecule has 4 N–H and O–H groups in total. The molecule has 1 saturated carbocycles. The molecule has 0 bridgehead atoms. The highest BCUT2D eigenvalue weighted by Crippen LogP contribution is 2.36. The molecule has 5 rings (SSSR count). The van der Waals surface area contributed by atoms with Crippen molar-refractivity contribution in [2.75, 3.05) is 19.6 Å². The molecule has 2 amide bonds. The third-order valence-corrected chi connectivity index (χ3v) is 10.3. The minimum absolute atomic E-state index is 0.0268. The molecule has 1 aliphatic carbocycles. The molecule has 0 radical (unpaired) electrons. The molecule has 10 nitrogen and oxygen atoms in total. The first kappa shape index (κ1) is 31.4. The van der Waals surface area contributed by atoms with E-state index >= 15 is 0 Å². The van der Waals surface area contributed by atoms with E-state index in [1.54, 1.807) is 12.1 Å². The largest absolute Gasteiger partial charge is 0.457 e. The quantitative estimate of drug-likeness (QED) is 0.373. The Morgan fingerprint density at radius 2 is 1.60 bits per heavy atom. The van der Waals surface area contributed by atoms with Crippen LogP contribution in [0.25, 0.3) is 0 Å². The summed E-state index contributed by atoms with van der Waals surface area (Å²) in [6.07, 6.45) is 7.08. The fourth-order valence-corrected chi connectivity index (χ4v) is 7.31. The van der Waals surface area contributed by atoms with Gasteiger partial charge in [-0.05, 0) is 80.0 Å². The van der Waals surface area contributed by atoms with Crippen molar-refractivity contribution in [2.24, 2.45) is 11.1 Å². The average molecular weight is 613 g/mol. The van der Waals surface area contributed by atoms with Crippen molar-refractivity contribution in [3.63, 3.8) is 0 Å². The van der Waals surface area contributed by atoms with Gasteiger partial charge in [0.15, 0.2) is 0 Å². The summed E-state index contributed by atoms with van der Waals surface area (Å²) in [4.78, 5) is 31.7. The number of hydrogen-bond donors (Lipinski definition) is 3. The van der Waals surface area contributed by atoms with Crippen LogP contribution in [0.15, 0.2) is 53.4 Å². The number of aliphatic hydroxyl groups is 1. The highest BCUT2D eigenvalue weighted by molar-refractivity contribution is 7.89. The molecule has 2 aromatic carbocycles. The van der Waals surface area contributed by atoms with Gasteiger partial charge in [-0.2, -0.15) is 0 Å². The number of piperidine rings is 1. The van der Waals surface area contributed by atoms with E-state index in [4.69, 9.17) is 9.88 Å². The lowest BCUT2D eigenvalue weighted by Crippen LogP contribution is -2.75. The van der Waals surface area contributed by atoms with E-state index in [-0.39, 0.29) is 22.6 Å². The van der Waals surface area contributed by atoms with E-state index in [1.807, 2.05) is 29.2 Å². The summed E-state index contributed by atoms with van der Waals surface area (Å²) in [6.45, 7) is 4.66. The maximum Gasteiger partial charge on any atom is 0.248 e. The predicted molar refractivity (Wildman–Crippen MR) is 163 cm³/mol. The zero-order chi connectivity index (χ0) is 30.6. The number of sulfonamides is 1. The van der Waals surface area contributed by atoms with E-state index in [0.717, 1.165) is 50.5 Å². The second-order valence-electron chi connectivity index (χ2n) is 12.3. The number of benzene rings is 2. The summed E-state index contributed by atoms with van der Waals surface area (Å²) in [5, 5.41) is 19.3. The van der Waals surface area contributed by atoms with Gasteiger partial charge in [-0.3, -0.25) is 14.5 Å². The Labute approximate surface area is 254 Å². The maximum atomic E-state index is 13.8. The molecule has 3 aliphatic rings. The van der Waals surface area contributed by atoms with Crippen LogP contribution in [-0.4, -0.2) is 72.5 Å². The van der Waals surface area contributed by atoms with Crippen LogP contribution in [0.2, 0.25) is 0 Å². The molecule has 2 saturated heterocycles. The number of carbonyl (C=O) groups excluding carboxylic acids is 2. The van der Waals surface area contributed by atoms with Crippen LogP contribution in [0.5, 0.6) is 11.5 Å². The minimum Gasteiger partial charge on any atom is -0.457 e. The molecular formula is C32H44N4O6S. The standard InChI is InChI=1S/C32H44N4O6S/c1-2-3-19-36-30(38)28(29(37)24-7-5-4-6-8-24)34-31(39)32(36)17-20-35(21-18-32)22-23-9-11-25(12-10-23)42-26-13-15-27(16-14-26)43(33,40)41/h9-16,24,28-29,37H,2-8,17-22H2,1H3,(H,34,39)(H2,33,40,41)/t28-,29-/m1/s1. The number of unbranched alkanes of at least 4 members (excludes halogenated alkanes) is 1. The third kappa shape index (κ3) is 7.06. The number of likely N-dealkylation sites (tertiary alicyclic amines) is 1. The first-order valence-corrected chi connectivity index (χ1v) is 17.1. The summed E-state index contributed by atoms with van der Waals surface area (Å²) >= 11 is 0. The third-order valence-electron chi connectivity index (χ3n) is 9.37. The Hall–Kier alpha value is -2.99. The van der Waals surface area contributed by atoms with Gasteiger partial charge >= 0.3 is 0 Å². The smallest absolute Gasteiger partial charge is 0.248 e. The topological polar surface area (TPSA) is 142 Å². The van der Waals surface area contributed by atoms with Gasteiger partial charge in [0.2, 0.25) is 21.8 Å². The Bertz CT molecular complexity index is 1370. The Kier molecular flexibility index (Phi) is 9.75. The summed E-state index contributed by atoms with van der Waals surface area (Å²) in [5.41, 5.74) is 0.220. The van der Waals surface area contributed by atoms with Gasteiger partial charge in [0.05, 0.1) is 11.0 Å². The van der Waals surface area contributed by atoms with Gasteiger partial charge in [0.1, 0.15) is 23.1 Å². The Morgan fingerprint density at radius 1 is 1.00 bits per heavy atom. The minimum atomic E-state index is -3.76. The molecule has 0 aromatic heterocycles. The zero-order valence-electron chi connectivity index (χ0n) is 24.9. The summed E-state index contributed by atoms with van der Waals surface area (Å²) in [6, 6.07) is 12.8. The SMILES string of the molecule is CCCCN1C(=O)[C@@H]([C@H](O)C2CCCCC2)NC(=O)C12CCN(Cc1ccc(Oc3ccc(S(N)(=O)=O)cc3)cc1)CC2. The van der Waals surface area contributed by atoms with Gasteiger partial charge in [-0.1, -0.05) is 44.7 Å². The molecule has 11 heteroatoms. The fourth-order valence-electron chi connectivity index (χ4n) is 6.79. The molecule has 2 atom stereocenters. The van der Waals surface area contributed by atoms with E-state index in [9.17, 15) is 23.1 Å². The molecule has 2 heterocycles. The number of hydrogen-bond acceptors (Lipinski definition) is 7. The van der Waals surface area contributed by atoms with Crippen molar-refractivity contribution in [3.8, 4) is 11.5 Å². The monoisotopic (exact) mass is 612 g/mol. The Balaban J connectivity index is 1.20. The summed E-state index contributed by atoms with van der Waals surface area (Å²) in [5.74, 6) is 0.927. The first-order valence-electron chi connectivity index (χ1n) is 15.5. The fraction of sp³-hybridized carbons (Fsp3) is 0.562. The number of nitrogens with one attached hydrogen (secondary N) is 1. The van der Waals surface area contributed by atoms with Crippen molar-refractivity contribution >= 4 is 21.8 Å². The number of nitrogens with zero attached hydrogens (tertiary/aromatic N) is 2. The number of rotatable bonds is 10. The van der Waals surface area contributed by atoms with Gasteiger partial charge in [0, 0.05) is 26.2 Å². The second-order valence-corrected chi connectivity index (χ2v) is 13.8. The van der Waals surface area contributed by atoms with Crippen LogP contribution in [0.1, 0.15) is 70.3 Å². The lowest BCUT2D eigenvalue weighted by molar-refractivity contribution is -0.166. The van der Waals surface area contributed by atoms with E-state index in [0.29, 0.717) is 50.5 Å². The highest BCUT2D eigenvalue weighted by Gasteiger charge is 2.55. The number of ether oxygens (including phenoxy) is 1. The lowest BCUT2D eigenvalue weighted by Gasteiger charge is -2.52. The number of primary sulfonamides is 1. The lowest BCUT2D eigenvalue weighted by atomic mass is 9.78. The number of nitrogens with two attached hydrogens (primary N) is 1. The van der Waals surface area contributed by atoms with E-state index < -0.39 is 27.7 Å². The Morgan fingerprint density at radius 3 is 2.19 bits per heavy atom. The normalized spacial score (nSPS) is 22.4. The van der Waals surface area contributed by atoms with Crippen LogP contribution >= 0.6 is 0 Å². The van der Waals surface area contributed by atoms with Gasteiger partial charge < -0.3 is 20.1 Å². The average Bonchev–Trinajstić information content (AvgIpc) is 3.01. The van der Waals surface area contributed by atoms with Gasteiger partial charge in [-0.15, -0.1) is 0 Å². The number of amides is 2. The molecule has 1 spiro atoms. The van der Waals surface area contributed by atoms with E-state index in [1.165, 1.54) is 12.1 Å². The number of carbonyl (C=O) groups is 2. The molecule has 234 valence electrons. The van der Waals surface area contributed by atoms with Crippen molar-refractivity contribution in [3.05, 3.63) is 54.1 Å². The zero-order valence-corrected chi connectivity index (χ0v) is 25.7. The number of piperazine rings is 1. The van der Waals surface area contributed by atoms with E-state index in [2.05, 4.69) is 17.1 Å². The summed E-state index contributed by atoms with van der Waals surface area (Å²) < 4.78 is 28.8.